The molecule has 1 atom stereocenters. The quantitative estimate of drug-likeness (QED) is 0.728. The number of pyridine rings is 1. The smallest absolute Gasteiger partial charge is 0.405 e. The van der Waals surface area contributed by atoms with Gasteiger partial charge in [-0.05, 0) is 25.5 Å². The summed E-state index contributed by atoms with van der Waals surface area (Å²) in [4.78, 5) is 14.4. The van der Waals surface area contributed by atoms with Crippen molar-refractivity contribution < 1.29 is 9.90 Å². The number of rotatable bonds is 2. The van der Waals surface area contributed by atoms with Crippen molar-refractivity contribution in [3.63, 3.8) is 0 Å². The molecule has 1 aromatic rings. The number of amides is 1. The number of nitrogens with zero attached hydrogens (tertiary/aromatic N) is 1. The Bertz CT molecular complexity index is 295. The third kappa shape index (κ3) is 2.74. The number of hydrogen-bond donors (Lipinski definition) is 2. The maximum atomic E-state index is 10.3. The first kappa shape index (κ1) is 9.51. The molecule has 0 saturated heterocycles. The fourth-order valence-corrected chi connectivity index (χ4v) is 1.00. The largest absolute Gasteiger partial charge is 0.465 e. The van der Waals surface area contributed by atoms with Gasteiger partial charge in [0.05, 0.1) is 6.04 Å². The van der Waals surface area contributed by atoms with E-state index in [0.717, 1.165) is 11.3 Å². The molecule has 0 spiro atoms. The van der Waals surface area contributed by atoms with Crippen molar-refractivity contribution in [2.75, 3.05) is 0 Å². The van der Waals surface area contributed by atoms with Crippen LogP contribution in [0.4, 0.5) is 4.79 Å². The van der Waals surface area contributed by atoms with E-state index in [2.05, 4.69) is 10.3 Å². The fraction of sp³-hybridized carbons (Fsp3) is 0.333. The lowest BCUT2D eigenvalue weighted by atomic mass is 10.1. The lowest BCUT2D eigenvalue weighted by Crippen LogP contribution is -2.24. The van der Waals surface area contributed by atoms with E-state index in [1.54, 1.807) is 13.1 Å². The molecule has 0 aliphatic carbocycles. The summed E-state index contributed by atoms with van der Waals surface area (Å²) in [6, 6.07) is 3.50. The SMILES string of the molecule is Cc1ccc(C(C)NC(=O)O)cn1. The van der Waals surface area contributed by atoms with E-state index in [-0.39, 0.29) is 6.04 Å². The van der Waals surface area contributed by atoms with E-state index in [1.165, 1.54) is 0 Å². The lowest BCUT2D eigenvalue weighted by molar-refractivity contribution is 0.191. The predicted molar refractivity (Wildman–Crippen MR) is 48.5 cm³/mol. The molecule has 0 saturated carbocycles. The second-order valence-electron chi connectivity index (χ2n) is 2.90. The highest BCUT2D eigenvalue weighted by atomic mass is 16.4. The van der Waals surface area contributed by atoms with Crippen LogP contribution in [0.3, 0.4) is 0 Å². The van der Waals surface area contributed by atoms with Gasteiger partial charge in [0.15, 0.2) is 0 Å². The molecule has 4 nitrogen and oxygen atoms in total. The van der Waals surface area contributed by atoms with Gasteiger partial charge in [0.1, 0.15) is 0 Å². The van der Waals surface area contributed by atoms with Crippen LogP contribution in [-0.4, -0.2) is 16.2 Å². The van der Waals surface area contributed by atoms with Crippen molar-refractivity contribution in [3.8, 4) is 0 Å². The first-order valence-electron chi connectivity index (χ1n) is 4.01. The van der Waals surface area contributed by atoms with Gasteiger partial charge in [-0.25, -0.2) is 4.79 Å². The topological polar surface area (TPSA) is 62.2 Å². The monoisotopic (exact) mass is 180 g/mol. The zero-order valence-electron chi connectivity index (χ0n) is 7.61. The Labute approximate surface area is 76.6 Å². The molecule has 0 radical (unpaired) electrons. The molecule has 1 amide bonds. The molecule has 13 heavy (non-hydrogen) atoms. The molecule has 1 aromatic heterocycles. The Kier molecular flexibility index (Phi) is 2.84. The van der Waals surface area contributed by atoms with E-state index in [4.69, 9.17) is 5.11 Å². The molecular formula is C9H12N2O2. The van der Waals surface area contributed by atoms with Gasteiger partial charge >= 0.3 is 6.09 Å². The van der Waals surface area contributed by atoms with Crippen molar-refractivity contribution >= 4 is 6.09 Å². The van der Waals surface area contributed by atoms with E-state index >= 15 is 0 Å². The van der Waals surface area contributed by atoms with Crippen molar-refractivity contribution in [2.45, 2.75) is 19.9 Å². The molecule has 0 bridgehead atoms. The molecule has 0 aliphatic rings. The Balaban J connectivity index is 2.71. The molecule has 0 aliphatic heterocycles. The normalized spacial score (nSPS) is 12.2. The summed E-state index contributed by atoms with van der Waals surface area (Å²) in [7, 11) is 0. The minimum absolute atomic E-state index is 0.217. The number of carbonyl (C=O) groups is 1. The second kappa shape index (κ2) is 3.89. The van der Waals surface area contributed by atoms with Crippen molar-refractivity contribution in [1.29, 1.82) is 0 Å². The van der Waals surface area contributed by atoms with Gasteiger partial charge in [-0.2, -0.15) is 0 Å². The van der Waals surface area contributed by atoms with Crippen LogP contribution in [0, 0.1) is 6.92 Å². The molecule has 70 valence electrons. The highest BCUT2D eigenvalue weighted by molar-refractivity contribution is 5.65. The molecule has 1 unspecified atom stereocenters. The van der Waals surface area contributed by atoms with Crippen LogP contribution < -0.4 is 5.32 Å². The maximum absolute atomic E-state index is 10.3. The van der Waals surface area contributed by atoms with Crippen LogP contribution in [0.25, 0.3) is 0 Å². The maximum Gasteiger partial charge on any atom is 0.405 e. The molecule has 0 aromatic carbocycles. The number of aryl methyl sites for hydroxylation is 1. The molecule has 1 heterocycles. The molecule has 0 fully saturated rings. The van der Waals surface area contributed by atoms with Gasteiger partial charge in [-0.15, -0.1) is 0 Å². The van der Waals surface area contributed by atoms with Crippen molar-refractivity contribution in [2.24, 2.45) is 0 Å². The van der Waals surface area contributed by atoms with Crippen LogP contribution in [0.1, 0.15) is 24.2 Å². The third-order valence-corrected chi connectivity index (χ3v) is 1.77. The summed E-state index contributed by atoms with van der Waals surface area (Å²) in [5.74, 6) is 0. The Morgan fingerprint density at radius 2 is 2.31 bits per heavy atom. The van der Waals surface area contributed by atoms with Gasteiger partial charge in [0, 0.05) is 11.9 Å². The van der Waals surface area contributed by atoms with Gasteiger partial charge in [-0.1, -0.05) is 6.07 Å². The van der Waals surface area contributed by atoms with Gasteiger partial charge < -0.3 is 10.4 Å². The summed E-state index contributed by atoms with van der Waals surface area (Å²) in [6.07, 6.45) is 0.656. The zero-order valence-corrected chi connectivity index (χ0v) is 7.61. The van der Waals surface area contributed by atoms with E-state index in [9.17, 15) is 4.79 Å². The Morgan fingerprint density at radius 1 is 1.62 bits per heavy atom. The third-order valence-electron chi connectivity index (χ3n) is 1.77. The number of carboxylic acid groups (broad SMARTS) is 1. The highest BCUT2D eigenvalue weighted by Gasteiger charge is 2.07. The van der Waals surface area contributed by atoms with Gasteiger partial charge in [0.2, 0.25) is 0 Å². The van der Waals surface area contributed by atoms with Crippen LogP contribution in [0.2, 0.25) is 0 Å². The zero-order chi connectivity index (χ0) is 9.84. The van der Waals surface area contributed by atoms with Crippen molar-refractivity contribution in [1.82, 2.24) is 10.3 Å². The fourth-order valence-electron chi connectivity index (χ4n) is 1.00. The highest BCUT2D eigenvalue weighted by Crippen LogP contribution is 2.10. The average Bonchev–Trinajstić information content (AvgIpc) is 2.04. The number of aromatic nitrogens is 1. The summed E-state index contributed by atoms with van der Waals surface area (Å²) >= 11 is 0. The minimum Gasteiger partial charge on any atom is -0.465 e. The molecule has 2 N–H and O–H groups in total. The first-order valence-corrected chi connectivity index (χ1v) is 4.01. The van der Waals surface area contributed by atoms with Crippen molar-refractivity contribution in [3.05, 3.63) is 29.6 Å². The predicted octanol–water partition coefficient (Wildman–Crippen LogP) is 1.72. The Morgan fingerprint density at radius 3 is 2.77 bits per heavy atom. The Hall–Kier alpha value is -1.58. The standard InChI is InChI=1S/C9H12N2O2/c1-6-3-4-8(5-10-6)7(2)11-9(12)13/h3-5,7,11H,1-2H3,(H,12,13). The molecular weight excluding hydrogens is 168 g/mol. The average molecular weight is 180 g/mol. The second-order valence-corrected chi connectivity index (χ2v) is 2.90. The lowest BCUT2D eigenvalue weighted by Gasteiger charge is -2.10. The van der Waals surface area contributed by atoms with Crippen LogP contribution >= 0.6 is 0 Å². The van der Waals surface area contributed by atoms with E-state index in [0.29, 0.717) is 0 Å². The number of nitrogens with one attached hydrogen (secondary N) is 1. The number of hydrogen-bond acceptors (Lipinski definition) is 2. The summed E-state index contributed by atoms with van der Waals surface area (Å²) in [5, 5.41) is 10.8. The molecule has 4 heteroatoms. The van der Waals surface area contributed by atoms with E-state index < -0.39 is 6.09 Å². The minimum atomic E-state index is -1.02. The first-order chi connectivity index (χ1) is 6.09. The van der Waals surface area contributed by atoms with Crippen LogP contribution in [0.15, 0.2) is 18.3 Å². The summed E-state index contributed by atoms with van der Waals surface area (Å²) in [5.41, 5.74) is 1.79. The molecule has 1 rings (SSSR count). The van der Waals surface area contributed by atoms with Crippen LogP contribution in [-0.2, 0) is 0 Å². The summed E-state index contributed by atoms with van der Waals surface area (Å²) in [6.45, 7) is 3.67. The van der Waals surface area contributed by atoms with Gasteiger partial charge in [0.25, 0.3) is 0 Å². The summed E-state index contributed by atoms with van der Waals surface area (Å²) < 4.78 is 0. The van der Waals surface area contributed by atoms with E-state index in [1.807, 2.05) is 19.1 Å². The van der Waals surface area contributed by atoms with Gasteiger partial charge in [-0.3, -0.25) is 4.98 Å². The van der Waals surface area contributed by atoms with Crippen LogP contribution in [0.5, 0.6) is 0 Å².